The van der Waals surface area contributed by atoms with Gasteiger partial charge < -0.3 is 19.7 Å². The van der Waals surface area contributed by atoms with E-state index in [1.54, 1.807) is 0 Å². The van der Waals surface area contributed by atoms with E-state index >= 15 is 0 Å². The summed E-state index contributed by atoms with van der Waals surface area (Å²) in [6.07, 6.45) is 14.2. The van der Waals surface area contributed by atoms with Crippen LogP contribution in [0.3, 0.4) is 0 Å². The van der Waals surface area contributed by atoms with Crippen molar-refractivity contribution in [2.45, 2.75) is 103 Å². The van der Waals surface area contributed by atoms with Crippen molar-refractivity contribution in [2.24, 2.45) is 0 Å². The third-order valence-corrected chi connectivity index (χ3v) is 5.82. The summed E-state index contributed by atoms with van der Waals surface area (Å²) in [5.74, 6) is -0.998. The number of benzene rings is 1. The Bertz CT molecular complexity index is 618. The third kappa shape index (κ3) is 19.8. The zero-order valence-electron chi connectivity index (χ0n) is 21.6. The van der Waals surface area contributed by atoms with Crippen LogP contribution in [0, 0.1) is 0 Å². The van der Waals surface area contributed by atoms with Gasteiger partial charge in [-0.25, -0.2) is 0 Å². The van der Waals surface area contributed by atoms with Crippen molar-refractivity contribution in [3.63, 3.8) is 0 Å². The van der Waals surface area contributed by atoms with E-state index in [2.05, 4.69) is 11.8 Å². The zero-order chi connectivity index (χ0) is 24.2. The van der Waals surface area contributed by atoms with E-state index in [1.807, 2.05) is 24.3 Å². The summed E-state index contributed by atoms with van der Waals surface area (Å²) in [7, 11) is 0. The standard InChI is InChI=1S/C27H45NO5.K/c1-2-3-4-5-6-7-8-9-10-11-22-33-25-18-16-24(17-19-25)23-28(20-12-14-26(29)30)21-13-15-27(31)32;/h16-19H,2-15,20-23H2,1H3,(H,29,30)(H,31,32);/q;+1/p-1. The summed E-state index contributed by atoms with van der Waals surface area (Å²) < 4.78 is 5.87. The summed E-state index contributed by atoms with van der Waals surface area (Å²) in [5, 5.41) is 19.5. The van der Waals surface area contributed by atoms with Crippen LogP contribution in [0.1, 0.15) is 102 Å². The van der Waals surface area contributed by atoms with Gasteiger partial charge in [0.15, 0.2) is 0 Å². The summed E-state index contributed by atoms with van der Waals surface area (Å²) in [4.78, 5) is 23.6. The molecule has 34 heavy (non-hydrogen) atoms. The third-order valence-electron chi connectivity index (χ3n) is 5.82. The Morgan fingerprint density at radius 1 is 0.824 bits per heavy atom. The molecule has 0 atom stereocenters. The van der Waals surface area contributed by atoms with Crippen LogP contribution in [0.2, 0.25) is 0 Å². The molecule has 1 N–H and O–H groups in total. The predicted molar refractivity (Wildman–Crippen MR) is 130 cm³/mol. The second-order valence-corrected chi connectivity index (χ2v) is 8.92. The number of ether oxygens (including phenoxy) is 1. The first-order valence-corrected chi connectivity index (χ1v) is 12.9. The van der Waals surface area contributed by atoms with Gasteiger partial charge >= 0.3 is 57.4 Å². The van der Waals surface area contributed by atoms with Gasteiger partial charge in [0.25, 0.3) is 0 Å². The van der Waals surface area contributed by atoms with Crippen LogP contribution in [0.25, 0.3) is 0 Å². The molecule has 0 aliphatic rings. The number of carbonyl (C=O) groups excluding carboxylic acids is 1. The van der Waals surface area contributed by atoms with Gasteiger partial charge in [-0.05, 0) is 56.5 Å². The molecule has 0 saturated carbocycles. The van der Waals surface area contributed by atoms with Gasteiger partial charge in [-0.2, -0.15) is 0 Å². The molecule has 1 aromatic rings. The second-order valence-electron chi connectivity index (χ2n) is 8.92. The zero-order valence-corrected chi connectivity index (χ0v) is 24.7. The number of aliphatic carboxylic acids is 2. The first-order valence-electron chi connectivity index (χ1n) is 12.9. The summed E-state index contributed by atoms with van der Waals surface area (Å²) in [6, 6.07) is 8.00. The number of hydrogen-bond donors (Lipinski definition) is 1. The van der Waals surface area contributed by atoms with E-state index < -0.39 is 11.9 Å². The van der Waals surface area contributed by atoms with E-state index in [0.29, 0.717) is 32.5 Å². The molecule has 0 amide bonds. The Hall–Kier alpha value is -0.444. The van der Waals surface area contributed by atoms with Gasteiger partial charge in [-0.15, -0.1) is 0 Å². The van der Waals surface area contributed by atoms with E-state index in [1.165, 1.54) is 57.8 Å². The fourth-order valence-corrected chi connectivity index (χ4v) is 3.90. The maximum absolute atomic E-state index is 10.8. The van der Waals surface area contributed by atoms with Crippen LogP contribution in [0.5, 0.6) is 5.75 Å². The molecule has 1 aromatic carbocycles. The van der Waals surface area contributed by atoms with Gasteiger partial charge in [0.05, 0.1) is 6.61 Å². The number of rotatable bonds is 22. The molecule has 0 aliphatic carbocycles. The molecule has 0 spiro atoms. The quantitative estimate of drug-likeness (QED) is 0.194. The van der Waals surface area contributed by atoms with Crippen molar-refractivity contribution in [1.82, 2.24) is 4.90 Å². The first kappa shape index (κ1) is 33.6. The number of carbonyl (C=O) groups is 2. The average Bonchev–Trinajstić information content (AvgIpc) is 2.78. The Balaban J connectivity index is 0.0000109. The molecule has 0 heterocycles. The molecule has 0 saturated heterocycles. The average molecular weight is 502 g/mol. The normalized spacial score (nSPS) is 10.8. The van der Waals surface area contributed by atoms with E-state index in [-0.39, 0.29) is 64.2 Å². The molecule has 0 unspecified atom stereocenters. The van der Waals surface area contributed by atoms with Crippen LogP contribution in [0.4, 0.5) is 0 Å². The predicted octanol–water partition coefficient (Wildman–Crippen LogP) is 2.19. The van der Waals surface area contributed by atoms with Crippen LogP contribution in [0.15, 0.2) is 24.3 Å². The van der Waals surface area contributed by atoms with Crippen molar-refractivity contribution in [1.29, 1.82) is 0 Å². The maximum atomic E-state index is 10.8. The van der Waals surface area contributed by atoms with Crippen molar-refractivity contribution in [3.8, 4) is 5.75 Å². The Kier molecular flexibility index (Phi) is 22.7. The summed E-state index contributed by atoms with van der Waals surface area (Å²) >= 11 is 0. The number of carboxylic acid groups (broad SMARTS) is 2. The Morgan fingerprint density at radius 2 is 1.35 bits per heavy atom. The largest absolute Gasteiger partial charge is 1.00 e. The molecule has 1 rings (SSSR count). The van der Waals surface area contributed by atoms with E-state index in [0.717, 1.165) is 24.3 Å². The molecular weight excluding hydrogens is 457 g/mol. The molecule has 0 aromatic heterocycles. The Labute approximate surface area is 249 Å². The van der Waals surface area contributed by atoms with Crippen molar-refractivity contribution >= 4 is 11.9 Å². The van der Waals surface area contributed by atoms with Crippen LogP contribution in [-0.4, -0.2) is 41.6 Å². The van der Waals surface area contributed by atoms with Crippen LogP contribution in [-0.2, 0) is 16.1 Å². The van der Waals surface area contributed by atoms with Crippen molar-refractivity contribution < 1.29 is 75.9 Å². The van der Waals surface area contributed by atoms with Crippen LogP contribution < -0.4 is 61.2 Å². The first-order chi connectivity index (χ1) is 16.0. The minimum atomic E-state index is -1.05. The second kappa shape index (κ2) is 23.0. The van der Waals surface area contributed by atoms with Crippen LogP contribution >= 0.6 is 0 Å². The van der Waals surface area contributed by atoms with Gasteiger partial charge in [0.2, 0.25) is 0 Å². The molecule has 0 radical (unpaired) electrons. The molecule has 188 valence electrons. The maximum Gasteiger partial charge on any atom is 1.00 e. The number of carboxylic acids is 2. The van der Waals surface area contributed by atoms with Crippen molar-refractivity contribution in [3.05, 3.63) is 29.8 Å². The molecule has 0 fully saturated rings. The van der Waals surface area contributed by atoms with Gasteiger partial charge in [0.1, 0.15) is 5.75 Å². The van der Waals surface area contributed by atoms with Gasteiger partial charge in [-0.3, -0.25) is 9.69 Å². The van der Waals surface area contributed by atoms with Crippen molar-refractivity contribution in [2.75, 3.05) is 19.7 Å². The minimum Gasteiger partial charge on any atom is -0.550 e. The molecule has 7 heteroatoms. The van der Waals surface area contributed by atoms with Gasteiger partial charge in [0, 0.05) is 18.9 Å². The number of unbranched alkanes of at least 4 members (excludes halogenated alkanes) is 9. The smallest absolute Gasteiger partial charge is 0.550 e. The fourth-order valence-electron chi connectivity index (χ4n) is 3.90. The molecular formula is C27H44KNO5. The number of nitrogens with zero attached hydrogens (tertiary/aromatic N) is 1. The molecule has 6 nitrogen and oxygen atoms in total. The molecule has 0 aliphatic heterocycles. The summed E-state index contributed by atoms with van der Waals surface area (Å²) in [5.41, 5.74) is 1.10. The van der Waals surface area contributed by atoms with Gasteiger partial charge in [-0.1, -0.05) is 76.8 Å². The SMILES string of the molecule is CCCCCCCCCCCCOc1ccc(CN(CCCC(=O)[O-])CCCC(=O)O)cc1.[K+]. The topological polar surface area (TPSA) is 89.9 Å². The Morgan fingerprint density at radius 3 is 1.88 bits per heavy atom. The van der Waals surface area contributed by atoms with E-state index in [9.17, 15) is 14.7 Å². The minimum absolute atomic E-state index is 0. The molecule has 0 bridgehead atoms. The monoisotopic (exact) mass is 501 g/mol. The summed E-state index contributed by atoms with van der Waals surface area (Å²) in [6.45, 7) is 4.87. The fraction of sp³-hybridized carbons (Fsp3) is 0.704. The number of hydrogen-bond acceptors (Lipinski definition) is 5. The van der Waals surface area contributed by atoms with E-state index in [4.69, 9.17) is 9.84 Å².